The van der Waals surface area contributed by atoms with E-state index >= 15 is 0 Å². The molecule has 1 aromatic carbocycles. The monoisotopic (exact) mass is 290 g/mol. The van der Waals surface area contributed by atoms with E-state index < -0.39 is 0 Å². The Balaban J connectivity index is 1.79. The molecule has 1 aliphatic heterocycles. The van der Waals surface area contributed by atoms with Crippen LogP contribution in [0.15, 0.2) is 24.4 Å². The van der Waals surface area contributed by atoms with Crippen molar-refractivity contribution in [1.29, 1.82) is 0 Å². The third-order valence-corrected chi connectivity index (χ3v) is 3.81. The number of hydrogen-bond acceptors (Lipinski definition) is 3. The average Bonchev–Trinajstić information content (AvgIpc) is 2.80. The topological polar surface area (TPSA) is 45.3 Å². The van der Waals surface area contributed by atoms with Gasteiger partial charge in [0.1, 0.15) is 5.82 Å². The van der Waals surface area contributed by atoms with Crippen molar-refractivity contribution >= 4 is 16.7 Å². The van der Waals surface area contributed by atoms with E-state index in [1.807, 2.05) is 13.8 Å². The van der Waals surface area contributed by atoms with Gasteiger partial charge in [-0.15, -0.1) is 0 Å². The Labute approximate surface area is 122 Å². The summed E-state index contributed by atoms with van der Waals surface area (Å²) in [5, 5.41) is 0.648. The van der Waals surface area contributed by atoms with Crippen LogP contribution in [0.5, 0.6) is 0 Å². The fourth-order valence-electron chi connectivity index (χ4n) is 3.03. The van der Waals surface area contributed by atoms with Crippen molar-refractivity contribution in [2.75, 3.05) is 19.6 Å². The van der Waals surface area contributed by atoms with Crippen LogP contribution in [0, 0.1) is 5.82 Å². The number of aromatic nitrogens is 1. The summed E-state index contributed by atoms with van der Waals surface area (Å²) in [4.78, 5) is 17.6. The second kappa shape index (κ2) is 5.58. The molecule has 1 fully saturated rings. The average molecular weight is 290 g/mol. The van der Waals surface area contributed by atoms with Crippen LogP contribution in [-0.2, 0) is 4.74 Å². The van der Waals surface area contributed by atoms with Crippen molar-refractivity contribution in [3.05, 3.63) is 35.8 Å². The number of hydrogen-bond donors (Lipinski definition) is 1. The summed E-state index contributed by atoms with van der Waals surface area (Å²) in [7, 11) is 0. The van der Waals surface area contributed by atoms with Gasteiger partial charge in [-0.1, -0.05) is 0 Å². The normalized spacial score (nSPS) is 23.6. The minimum Gasteiger partial charge on any atom is -0.373 e. The van der Waals surface area contributed by atoms with Crippen LogP contribution >= 0.6 is 0 Å². The zero-order valence-corrected chi connectivity index (χ0v) is 12.2. The first-order valence-electron chi connectivity index (χ1n) is 7.20. The number of ether oxygens (including phenoxy) is 1. The number of carbonyl (C=O) groups excluding carboxylic acids is 1. The van der Waals surface area contributed by atoms with Crippen molar-refractivity contribution in [3.8, 4) is 0 Å². The van der Waals surface area contributed by atoms with Gasteiger partial charge in [-0.2, -0.15) is 0 Å². The Morgan fingerprint density at radius 3 is 2.81 bits per heavy atom. The Kier molecular flexibility index (Phi) is 3.78. The van der Waals surface area contributed by atoms with E-state index in [-0.39, 0.29) is 23.8 Å². The predicted molar refractivity (Wildman–Crippen MR) is 79.0 cm³/mol. The predicted octanol–water partition coefficient (Wildman–Crippen LogP) is 2.60. The van der Waals surface area contributed by atoms with E-state index in [2.05, 4.69) is 9.88 Å². The van der Waals surface area contributed by atoms with Gasteiger partial charge in [-0.05, 0) is 32.0 Å². The molecular formula is C16H19FN2O2. The quantitative estimate of drug-likeness (QED) is 0.884. The molecule has 2 aromatic rings. The molecule has 0 saturated carbocycles. The Morgan fingerprint density at radius 1 is 1.38 bits per heavy atom. The number of Topliss-reactive ketones (excluding diaryl/α,β-unsaturated/α-hetero) is 1. The summed E-state index contributed by atoms with van der Waals surface area (Å²) in [6.07, 6.45) is 1.92. The van der Waals surface area contributed by atoms with Crippen LogP contribution in [0.2, 0.25) is 0 Å². The molecule has 0 aliphatic carbocycles. The van der Waals surface area contributed by atoms with Gasteiger partial charge in [0.15, 0.2) is 5.78 Å². The number of aromatic amines is 1. The Hall–Kier alpha value is -1.72. The lowest BCUT2D eigenvalue weighted by molar-refractivity contribution is -0.0652. The van der Waals surface area contributed by atoms with Crippen molar-refractivity contribution in [3.63, 3.8) is 0 Å². The maximum atomic E-state index is 13.4. The molecule has 0 unspecified atom stereocenters. The molecule has 0 radical (unpaired) electrons. The minimum absolute atomic E-state index is 0.00755. The highest BCUT2D eigenvalue weighted by Crippen LogP contribution is 2.21. The number of nitrogens with one attached hydrogen (secondary N) is 1. The third kappa shape index (κ3) is 2.99. The summed E-state index contributed by atoms with van der Waals surface area (Å²) in [5.74, 6) is -0.321. The van der Waals surface area contributed by atoms with E-state index in [9.17, 15) is 9.18 Å². The highest BCUT2D eigenvalue weighted by molar-refractivity contribution is 6.08. The number of ketones is 1. The number of fused-ring (bicyclic) bond motifs is 1. The summed E-state index contributed by atoms with van der Waals surface area (Å²) in [6, 6.07) is 4.45. The number of benzene rings is 1. The fraction of sp³-hybridized carbons (Fsp3) is 0.438. The summed E-state index contributed by atoms with van der Waals surface area (Å²) >= 11 is 0. The van der Waals surface area contributed by atoms with E-state index in [0.717, 1.165) is 18.6 Å². The lowest BCUT2D eigenvalue weighted by atomic mass is 10.1. The van der Waals surface area contributed by atoms with Gasteiger partial charge in [0.25, 0.3) is 0 Å². The van der Waals surface area contributed by atoms with Gasteiger partial charge < -0.3 is 9.72 Å². The lowest BCUT2D eigenvalue weighted by Gasteiger charge is -2.34. The number of halogens is 1. The minimum atomic E-state index is -0.329. The van der Waals surface area contributed by atoms with Crippen LogP contribution < -0.4 is 0 Å². The molecule has 1 aliphatic rings. The zero-order chi connectivity index (χ0) is 15.0. The van der Waals surface area contributed by atoms with E-state index in [0.29, 0.717) is 17.5 Å². The second-order valence-corrected chi connectivity index (χ2v) is 5.77. The van der Waals surface area contributed by atoms with Crippen LogP contribution in [0.1, 0.15) is 24.2 Å². The number of morpholine rings is 1. The molecule has 2 heterocycles. The summed E-state index contributed by atoms with van der Waals surface area (Å²) < 4.78 is 19.0. The van der Waals surface area contributed by atoms with Gasteiger partial charge in [-0.25, -0.2) is 4.39 Å². The van der Waals surface area contributed by atoms with Gasteiger partial charge in [-0.3, -0.25) is 9.69 Å². The highest BCUT2D eigenvalue weighted by Gasteiger charge is 2.24. The zero-order valence-electron chi connectivity index (χ0n) is 12.2. The molecule has 5 heteroatoms. The van der Waals surface area contributed by atoms with Gasteiger partial charge in [0, 0.05) is 35.8 Å². The van der Waals surface area contributed by atoms with Crippen LogP contribution in [0.3, 0.4) is 0 Å². The first-order chi connectivity index (χ1) is 10.0. The van der Waals surface area contributed by atoms with E-state index in [4.69, 9.17) is 4.74 Å². The molecule has 0 bridgehead atoms. The summed E-state index contributed by atoms with van der Waals surface area (Å²) in [5.41, 5.74) is 1.33. The molecule has 2 atom stereocenters. The van der Waals surface area contributed by atoms with Crippen LogP contribution in [0.4, 0.5) is 4.39 Å². The number of carbonyl (C=O) groups is 1. The number of nitrogens with zero attached hydrogens (tertiary/aromatic N) is 1. The maximum absolute atomic E-state index is 13.4. The van der Waals surface area contributed by atoms with E-state index in [1.54, 1.807) is 12.3 Å². The molecule has 0 spiro atoms. The molecular weight excluding hydrogens is 271 g/mol. The first-order valence-corrected chi connectivity index (χ1v) is 7.20. The van der Waals surface area contributed by atoms with Crippen molar-refractivity contribution < 1.29 is 13.9 Å². The SMILES string of the molecule is C[C@@H]1CN(CC(=O)c2c[nH]c3ccc(F)cc23)C[C@@H](C)O1. The van der Waals surface area contributed by atoms with Crippen molar-refractivity contribution in [1.82, 2.24) is 9.88 Å². The molecule has 0 amide bonds. The Morgan fingerprint density at radius 2 is 2.10 bits per heavy atom. The number of H-pyrrole nitrogens is 1. The molecule has 112 valence electrons. The first kappa shape index (κ1) is 14.2. The van der Waals surface area contributed by atoms with Gasteiger partial charge >= 0.3 is 0 Å². The standard InChI is InChI=1S/C16H19FN2O2/c1-10-7-19(8-11(2)21-10)9-16(20)14-6-18-15-4-3-12(17)5-13(14)15/h3-6,10-11,18H,7-9H2,1-2H3/t10-,11-/m1/s1. The third-order valence-electron chi connectivity index (χ3n) is 3.81. The molecule has 1 aromatic heterocycles. The number of rotatable bonds is 3. The Bertz CT molecular complexity index is 657. The molecule has 1 N–H and O–H groups in total. The lowest BCUT2D eigenvalue weighted by Crippen LogP contribution is -2.47. The maximum Gasteiger partial charge on any atom is 0.178 e. The highest BCUT2D eigenvalue weighted by atomic mass is 19.1. The molecule has 1 saturated heterocycles. The molecule has 3 rings (SSSR count). The van der Waals surface area contributed by atoms with Gasteiger partial charge in [0.2, 0.25) is 0 Å². The smallest absolute Gasteiger partial charge is 0.178 e. The van der Waals surface area contributed by atoms with Crippen molar-refractivity contribution in [2.45, 2.75) is 26.1 Å². The second-order valence-electron chi connectivity index (χ2n) is 5.77. The van der Waals surface area contributed by atoms with Crippen molar-refractivity contribution in [2.24, 2.45) is 0 Å². The largest absolute Gasteiger partial charge is 0.373 e. The molecule has 21 heavy (non-hydrogen) atoms. The van der Waals surface area contributed by atoms with E-state index in [1.165, 1.54) is 12.1 Å². The fourth-order valence-corrected chi connectivity index (χ4v) is 3.03. The van der Waals surface area contributed by atoms with Crippen LogP contribution in [-0.4, -0.2) is 47.5 Å². The summed E-state index contributed by atoms with van der Waals surface area (Å²) in [6.45, 7) is 5.84. The van der Waals surface area contributed by atoms with Crippen LogP contribution in [0.25, 0.3) is 10.9 Å². The molecule has 4 nitrogen and oxygen atoms in total. The van der Waals surface area contributed by atoms with Gasteiger partial charge in [0.05, 0.1) is 18.8 Å².